The average Bonchev–Trinajstić information content (AvgIpc) is 2.84. The van der Waals surface area contributed by atoms with Crippen molar-refractivity contribution in [1.29, 1.82) is 0 Å². The summed E-state index contributed by atoms with van der Waals surface area (Å²) in [7, 11) is 0. The van der Waals surface area contributed by atoms with Gasteiger partial charge < -0.3 is 15.1 Å². The first kappa shape index (κ1) is 16.3. The highest BCUT2D eigenvalue weighted by Gasteiger charge is 2.14. The molecule has 0 spiro atoms. The molecule has 0 radical (unpaired) electrons. The second-order valence-corrected chi connectivity index (χ2v) is 6.05. The van der Waals surface area contributed by atoms with E-state index in [1.807, 2.05) is 18.7 Å². The number of hydrogen-bond donors (Lipinski definition) is 2. The van der Waals surface area contributed by atoms with Gasteiger partial charge in [-0.1, -0.05) is 18.9 Å². The standard InChI is InChI=1S/C13H26N4OS/c1-5-8-14-11(4)12-16-17-13(18-12)15-10(3)7-9-19-6-2/h10-11,14H,5-9H2,1-4H3,(H,15,17). The topological polar surface area (TPSA) is 63.0 Å². The molecule has 110 valence electrons. The fourth-order valence-electron chi connectivity index (χ4n) is 1.60. The molecule has 1 rings (SSSR count). The molecule has 2 unspecified atom stereocenters. The maximum absolute atomic E-state index is 5.62. The number of rotatable bonds is 10. The molecule has 0 saturated carbocycles. The summed E-state index contributed by atoms with van der Waals surface area (Å²) < 4.78 is 5.62. The molecular formula is C13H26N4OS. The van der Waals surface area contributed by atoms with Gasteiger partial charge in [0.2, 0.25) is 5.89 Å². The first-order chi connectivity index (χ1) is 9.17. The molecule has 2 atom stereocenters. The van der Waals surface area contributed by atoms with E-state index in [9.17, 15) is 0 Å². The van der Waals surface area contributed by atoms with E-state index in [-0.39, 0.29) is 6.04 Å². The molecule has 0 bridgehead atoms. The quantitative estimate of drug-likeness (QED) is 0.645. The van der Waals surface area contributed by atoms with Crippen LogP contribution in [-0.4, -0.2) is 34.3 Å². The van der Waals surface area contributed by atoms with E-state index in [2.05, 4.69) is 41.6 Å². The van der Waals surface area contributed by atoms with Crippen molar-refractivity contribution >= 4 is 17.8 Å². The van der Waals surface area contributed by atoms with E-state index in [0.29, 0.717) is 17.9 Å². The van der Waals surface area contributed by atoms with Crippen LogP contribution in [0.2, 0.25) is 0 Å². The predicted molar refractivity (Wildman–Crippen MR) is 81.7 cm³/mol. The molecule has 19 heavy (non-hydrogen) atoms. The van der Waals surface area contributed by atoms with Gasteiger partial charge in [-0.15, -0.1) is 5.10 Å². The highest BCUT2D eigenvalue weighted by atomic mass is 32.2. The Kier molecular flexibility index (Phi) is 7.90. The zero-order valence-corrected chi connectivity index (χ0v) is 13.2. The maximum Gasteiger partial charge on any atom is 0.315 e. The highest BCUT2D eigenvalue weighted by Crippen LogP contribution is 2.15. The van der Waals surface area contributed by atoms with Crippen molar-refractivity contribution in [3.05, 3.63) is 5.89 Å². The Hall–Kier alpha value is -0.750. The molecule has 0 aliphatic heterocycles. The minimum Gasteiger partial charge on any atom is -0.406 e. The van der Waals surface area contributed by atoms with Crippen LogP contribution < -0.4 is 10.6 Å². The Labute approximate surface area is 120 Å². The van der Waals surface area contributed by atoms with Gasteiger partial charge in [-0.2, -0.15) is 11.8 Å². The third-order valence-electron chi connectivity index (χ3n) is 2.78. The Bertz CT molecular complexity index is 345. The smallest absolute Gasteiger partial charge is 0.315 e. The highest BCUT2D eigenvalue weighted by molar-refractivity contribution is 7.99. The van der Waals surface area contributed by atoms with Crippen LogP contribution in [0.3, 0.4) is 0 Å². The minimum absolute atomic E-state index is 0.106. The molecule has 0 aromatic carbocycles. The lowest BCUT2D eigenvalue weighted by Gasteiger charge is -2.11. The summed E-state index contributed by atoms with van der Waals surface area (Å²) in [6.07, 6.45) is 2.19. The normalized spacial score (nSPS) is 14.3. The summed E-state index contributed by atoms with van der Waals surface area (Å²) in [6, 6.07) is 0.981. The van der Waals surface area contributed by atoms with Crippen LogP contribution in [-0.2, 0) is 0 Å². The van der Waals surface area contributed by atoms with Gasteiger partial charge in [-0.25, -0.2) is 0 Å². The lowest BCUT2D eigenvalue weighted by molar-refractivity contribution is 0.421. The number of hydrogen-bond acceptors (Lipinski definition) is 6. The van der Waals surface area contributed by atoms with Crippen molar-refractivity contribution in [2.24, 2.45) is 0 Å². The summed E-state index contributed by atoms with van der Waals surface area (Å²) in [5, 5.41) is 14.7. The van der Waals surface area contributed by atoms with Crippen molar-refractivity contribution in [3.63, 3.8) is 0 Å². The second kappa shape index (κ2) is 9.20. The van der Waals surface area contributed by atoms with Crippen molar-refractivity contribution in [2.75, 3.05) is 23.4 Å². The van der Waals surface area contributed by atoms with Gasteiger partial charge in [0, 0.05) is 6.04 Å². The van der Waals surface area contributed by atoms with Gasteiger partial charge in [0.15, 0.2) is 0 Å². The van der Waals surface area contributed by atoms with E-state index in [4.69, 9.17) is 4.42 Å². The van der Waals surface area contributed by atoms with Gasteiger partial charge >= 0.3 is 6.01 Å². The van der Waals surface area contributed by atoms with Crippen LogP contribution in [0, 0.1) is 0 Å². The molecule has 1 heterocycles. The SMILES string of the molecule is CCCNC(C)c1nnc(NC(C)CCSCC)o1. The van der Waals surface area contributed by atoms with Crippen LogP contribution in [0.4, 0.5) is 6.01 Å². The van der Waals surface area contributed by atoms with Gasteiger partial charge in [0.05, 0.1) is 6.04 Å². The van der Waals surface area contributed by atoms with Crippen molar-refractivity contribution in [3.8, 4) is 0 Å². The summed E-state index contributed by atoms with van der Waals surface area (Å²) >= 11 is 1.95. The van der Waals surface area contributed by atoms with Crippen molar-refractivity contribution < 1.29 is 4.42 Å². The van der Waals surface area contributed by atoms with E-state index in [1.54, 1.807) is 0 Å². The van der Waals surface area contributed by atoms with E-state index < -0.39 is 0 Å². The Balaban J connectivity index is 2.37. The Morgan fingerprint density at radius 2 is 2.05 bits per heavy atom. The van der Waals surface area contributed by atoms with Crippen LogP contribution in [0.25, 0.3) is 0 Å². The van der Waals surface area contributed by atoms with E-state index in [1.165, 1.54) is 0 Å². The molecule has 0 amide bonds. The van der Waals surface area contributed by atoms with Crippen LogP contribution >= 0.6 is 11.8 Å². The van der Waals surface area contributed by atoms with Gasteiger partial charge in [0.1, 0.15) is 0 Å². The predicted octanol–water partition coefficient (Wildman–Crippen LogP) is 3.07. The molecule has 1 aromatic rings. The largest absolute Gasteiger partial charge is 0.406 e. The number of thioether (sulfide) groups is 1. The van der Waals surface area contributed by atoms with Crippen LogP contribution in [0.15, 0.2) is 4.42 Å². The van der Waals surface area contributed by atoms with Crippen molar-refractivity contribution in [2.45, 2.75) is 52.6 Å². The number of nitrogens with one attached hydrogen (secondary N) is 2. The first-order valence-corrected chi connectivity index (χ1v) is 8.23. The molecule has 0 aliphatic carbocycles. The first-order valence-electron chi connectivity index (χ1n) is 7.08. The van der Waals surface area contributed by atoms with Crippen molar-refractivity contribution in [1.82, 2.24) is 15.5 Å². The van der Waals surface area contributed by atoms with Gasteiger partial charge in [-0.3, -0.25) is 0 Å². The lowest BCUT2D eigenvalue weighted by Crippen LogP contribution is -2.19. The Morgan fingerprint density at radius 3 is 2.74 bits per heavy atom. The molecule has 0 aliphatic rings. The summed E-state index contributed by atoms with van der Waals surface area (Å²) in [6.45, 7) is 9.44. The number of nitrogens with zero attached hydrogens (tertiary/aromatic N) is 2. The third kappa shape index (κ3) is 6.29. The molecule has 6 heteroatoms. The molecular weight excluding hydrogens is 260 g/mol. The fraction of sp³-hybridized carbons (Fsp3) is 0.846. The van der Waals surface area contributed by atoms with E-state index >= 15 is 0 Å². The summed E-state index contributed by atoms with van der Waals surface area (Å²) in [5.74, 6) is 2.96. The number of anilines is 1. The molecule has 0 fully saturated rings. The Morgan fingerprint density at radius 1 is 1.26 bits per heavy atom. The lowest BCUT2D eigenvalue weighted by atomic mass is 10.3. The summed E-state index contributed by atoms with van der Waals surface area (Å²) in [4.78, 5) is 0. The zero-order valence-electron chi connectivity index (χ0n) is 12.4. The minimum atomic E-state index is 0.106. The van der Waals surface area contributed by atoms with Crippen LogP contribution in [0.1, 0.15) is 52.5 Å². The second-order valence-electron chi connectivity index (χ2n) is 4.65. The number of aromatic nitrogens is 2. The molecule has 2 N–H and O–H groups in total. The molecule has 1 aromatic heterocycles. The van der Waals surface area contributed by atoms with E-state index in [0.717, 1.165) is 30.9 Å². The summed E-state index contributed by atoms with van der Waals surface area (Å²) in [5.41, 5.74) is 0. The van der Waals surface area contributed by atoms with Gasteiger partial charge in [-0.05, 0) is 44.7 Å². The van der Waals surface area contributed by atoms with Gasteiger partial charge in [0.25, 0.3) is 0 Å². The van der Waals surface area contributed by atoms with Crippen LogP contribution in [0.5, 0.6) is 0 Å². The molecule has 5 nitrogen and oxygen atoms in total. The fourth-order valence-corrected chi connectivity index (χ4v) is 2.41. The maximum atomic E-state index is 5.62. The zero-order chi connectivity index (χ0) is 14.1. The third-order valence-corrected chi connectivity index (χ3v) is 3.71. The molecule has 0 saturated heterocycles. The monoisotopic (exact) mass is 286 g/mol. The average molecular weight is 286 g/mol.